The highest BCUT2D eigenvalue weighted by molar-refractivity contribution is 5.89. The molecule has 0 saturated carbocycles. The van der Waals surface area contributed by atoms with Crippen molar-refractivity contribution in [3.63, 3.8) is 0 Å². The summed E-state index contributed by atoms with van der Waals surface area (Å²) in [5, 5.41) is 15.6. The Morgan fingerprint density at radius 3 is 2.29 bits per heavy atom. The van der Waals surface area contributed by atoms with Crippen molar-refractivity contribution in [3.05, 3.63) is 78.1 Å². The van der Waals surface area contributed by atoms with E-state index in [1.165, 1.54) is 11.0 Å². The highest BCUT2D eigenvalue weighted by Crippen LogP contribution is 2.09. The van der Waals surface area contributed by atoms with Gasteiger partial charge in [0.25, 0.3) is 0 Å². The predicted molar refractivity (Wildman–Crippen MR) is 109 cm³/mol. The quantitative estimate of drug-likeness (QED) is 0.506. The predicted octanol–water partition coefficient (Wildman–Crippen LogP) is 1.42. The molecule has 0 aliphatic heterocycles. The molecule has 160 valence electrons. The number of ketones is 1. The first-order valence-corrected chi connectivity index (χ1v) is 9.65. The van der Waals surface area contributed by atoms with E-state index in [1.807, 2.05) is 60.7 Å². The summed E-state index contributed by atoms with van der Waals surface area (Å²) < 4.78 is 6.22. The fraction of sp³-hybridized carbons (Fsp3) is 0.238. The Balaban J connectivity index is 1.49. The summed E-state index contributed by atoms with van der Waals surface area (Å²) >= 11 is 0. The maximum Gasteiger partial charge on any atom is 0.407 e. The number of amides is 2. The van der Waals surface area contributed by atoms with E-state index in [2.05, 4.69) is 26.2 Å². The average molecular weight is 422 g/mol. The van der Waals surface area contributed by atoms with E-state index in [-0.39, 0.29) is 25.4 Å². The maximum absolute atomic E-state index is 12.7. The van der Waals surface area contributed by atoms with Gasteiger partial charge in [0.2, 0.25) is 5.91 Å². The van der Waals surface area contributed by atoms with Gasteiger partial charge in [-0.05, 0) is 28.0 Å². The van der Waals surface area contributed by atoms with Crippen LogP contribution in [0.1, 0.15) is 23.7 Å². The molecule has 1 unspecified atom stereocenters. The van der Waals surface area contributed by atoms with Gasteiger partial charge < -0.3 is 15.4 Å². The number of benzene rings is 2. The molecule has 10 heteroatoms. The number of rotatable bonds is 10. The second-order valence-corrected chi connectivity index (χ2v) is 6.63. The van der Waals surface area contributed by atoms with Gasteiger partial charge in [0.05, 0.1) is 0 Å². The van der Waals surface area contributed by atoms with Crippen LogP contribution >= 0.6 is 0 Å². The molecule has 0 fully saturated rings. The van der Waals surface area contributed by atoms with Crippen LogP contribution in [0.25, 0.3) is 0 Å². The minimum Gasteiger partial charge on any atom is -0.445 e. The number of hydrogen-bond donors (Lipinski definition) is 2. The molecular weight excluding hydrogens is 400 g/mol. The highest BCUT2D eigenvalue weighted by atomic mass is 16.5. The topological polar surface area (TPSA) is 128 Å². The van der Waals surface area contributed by atoms with E-state index in [9.17, 15) is 14.4 Å². The van der Waals surface area contributed by atoms with Gasteiger partial charge in [0.1, 0.15) is 19.5 Å². The molecule has 3 aromatic rings. The van der Waals surface area contributed by atoms with E-state index in [1.54, 1.807) is 0 Å². The summed E-state index contributed by atoms with van der Waals surface area (Å²) in [5.41, 5.74) is 1.82. The fourth-order valence-electron chi connectivity index (χ4n) is 2.76. The number of aromatic nitrogens is 4. The number of hydrogen-bond acceptors (Lipinski definition) is 7. The molecule has 0 radical (unpaired) electrons. The third-order valence-electron chi connectivity index (χ3n) is 4.34. The van der Waals surface area contributed by atoms with Crippen LogP contribution in [-0.4, -0.2) is 44.5 Å². The van der Waals surface area contributed by atoms with E-state index in [4.69, 9.17) is 4.74 Å². The molecule has 0 saturated heterocycles. The summed E-state index contributed by atoms with van der Waals surface area (Å²) in [6.07, 6.45) is 0.119. The van der Waals surface area contributed by atoms with Gasteiger partial charge in [0.15, 0.2) is 11.9 Å². The van der Waals surface area contributed by atoms with Crippen molar-refractivity contribution in [1.29, 1.82) is 0 Å². The SMILES string of the molecule is O=C(CNC(=O)OCc1ccccc1)NC(C(=O)CCc1ccccc1)n1cnnn1. The molecule has 0 aliphatic carbocycles. The van der Waals surface area contributed by atoms with Gasteiger partial charge >= 0.3 is 6.09 Å². The molecule has 0 spiro atoms. The van der Waals surface area contributed by atoms with Gasteiger partial charge in [-0.25, -0.2) is 9.48 Å². The summed E-state index contributed by atoms with van der Waals surface area (Å²) in [6, 6.07) is 18.7. The van der Waals surface area contributed by atoms with Crippen molar-refractivity contribution in [2.24, 2.45) is 0 Å². The van der Waals surface area contributed by atoms with Crippen LogP contribution in [0.3, 0.4) is 0 Å². The number of Topliss-reactive ketones (excluding diaryl/α,β-unsaturated/α-hetero) is 1. The average Bonchev–Trinajstić information content (AvgIpc) is 3.34. The number of alkyl carbamates (subject to hydrolysis) is 1. The first kappa shape index (κ1) is 21.6. The highest BCUT2D eigenvalue weighted by Gasteiger charge is 2.23. The zero-order chi connectivity index (χ0) is 21.9. The minimum absolute atomic E-state index is 0.0829. The lowest BCUT2D eigenvalue weighted by molar-refractivity contribution is -0.129. The van der Waals surface area contributed by atoms with Crippen LogP contribution in [0.2, 0.25) is 0 Å². The van der Waals surface area contributed by atoms with Crippen molar-refractivity contribution >= 4 is 17.8 Å². The van der Waals surface area contributed by atoms with Crippen molar-refractivity contribution in [1.82, 2.24) is 30.8 Å². The first-order chi connectivity index (χ1) is 15.1. The summed E-state index contributed by atoms with van der Waals surface area (Å²) in [6.45, 7) is -0.280. The van der Waals surface area contributed by atoms with Crippen LogP contribution in [-0.2, 0) is 27.4 Å². The Morgan fingerprint density at radius 2 is 1.65 bits per heavy atom. The van der Waals surface area contributed by atoms with Gasteiger partial charge in [-0.2, -0.15) is 0 Å². The third kappa shape index (κ3) is 7.03. The van der Waals surface area contributed by atoms with E-state index >= 15 is 0 Å². The van der Waals surface area contributed by atoms with Crippen LogP contribution in [0.4, 0.5) is 4.79 Å². The second-order valence-electron chi connectivity index (χ2n) is 6.63. The number of nitrogens with zero attached hydrogens (tertiary/aromatic N) is 4. The minimum atomic E-state index is -1.08. The van der Waals surface area contributed by atoms with Crippen molar-refractivity contribution in [2.45, 2.75) is 25.6 Å². The smallest absolute Gasteiger partial charge is 0.407 e. The van der Waals surface area contributed by atoms with Crippen molar-refractivity contribution < 1.29 is 19.1 Å². The Bertz CT molecular complexity index is 980. The molecule has 3 rings (SSSR count). The number of tetrazole rings is 1. The Hall–Kier alpha value is -4.08. The number of aryl methyl sites for hydroxylation is 1. The van der Waals surface area contributed by atoms with Crippen molar-refractivity contribution in [2.75, 3.05) is 6.54 Å². The van der Waals surface area contributed by atoms with Crippen molar-refractivity contribution in [3.8, 4) is 0 Å². The Kier molecular flexibility index (Phi) is 7.81. The molecule has 31 heavy (non-hydrogen) atoms. The zero-order valence-electron chi connectivity index (χ0n) is 16.7. The van der Waals surface area contributed by atoms with Crippen LogP contribution in [0.15, 0.2) is 67.0 Å². The lowest BCUT2D eigenvalue weighted by atomic mass is 10.1. The molecule has 10 nitrogen and oxygen atoms in total. The Labute approximate surface area is 178 Å². The van der Waals surface area contributed by atoms with E-state index < -0.39 is 18.2 Å². The van der Waals surface area contributed by atoms with Gasteiger partial charge in [-0.3, -0.25) is 9.59 Å². The van der Waals surface area contributed by atoms with E-state index in [0.29, 0.717) is 6.42 Å². The number of nitrogens with one attached hydrogen (secondary N) is 2. The first-order valence-electron chi connectivity index (χ1n) is 9.65. The molecular formula is C21H22N6O4. The monoisotopic (exact) mass is 422 g/mol. The number of ether oxygens (including phenoxy) is 1. The van der Waals surface area contributed by atoms with Crippen LogP contribution in [0.5, 0.6) is 0 Å². The third-order valence-corrected chi connectivity index (χ3v) is 4.34. The van der Waals surface area contributed by atoms with Crippen LogP contribution < -0.4 is 10.6 Å². The molecule has 0 bridgehead atoms. The zero-order valence-corrected chi connectivity index (χ0v) is 16.7. The standard InChI is InChI=1S/C21H22N6O4/c28-18(12-11-16-7-3-1-4-8-16)20(27-15-23-25-26-27)24-19(29)13-22-21(30)31-14-17-9-5-2-6-10-17/h1-10,15,20H,11-14H2,(H,22,30)(H,24,29). The summed E-state index contributed by atoms with van der Waals surface area (Å²) in [7, 11) is 0. The molecule has 2 amide bonds. The molecule has 1 atom stereocenters. The number of carbonyl (C=O) groups excluding carboxylic acids is 3. The van der Waals surface area contributed by atoms with Gasteiger partial charge in [-0.1, -0.05) is 60.7 Å². The van der Waals surface area contributed by atoms with Crippen LogP contribution in [0, 0.1) is 0 Å². The maximum atomic E-state index is 12.7. The Morgan fingerprint density at radius 1 is 0.968 bits per heavy atom. The largest absolute Gasteiger partial charge is 0.445 e. The molecule has 2 aromatic carbocycles. The molecule has 0 aliphatic rings. The lowest BCUT2D eigenvalue weighted by Gasteiger charge is -2.17. The molecule has 1 heterocycles. The van der Waals surface area contributed by atoms with E-state index in [0.717, 1.165) is 11.1 Å². The lowest BCUT2D eigenvalue weighted by Crippen LogP contribution is -2.43. The normalized spacial score (nSPS) is 11.4. The molecule has 1 aromatic heterocycles. The fourth-order valence-corrected chi connectivity index (χ4v) is 2.76. The second kappa shape index (κ2) is 11.2. The number of carbonyl (C=O) groups is 3. The van der Waals surface area contributed by atoms with Gasteiger partial charge in [0, 0.05) is 6.42 Å². The molecule has 2 N–H and O–H groups in total. The summed E-state index contributed by atoms with van der Waals surface area (Å²) in [5.74, 6) is -0.846. The summed E-state index contributed by atoms with van der Waals surface area (Å²) in [4.78, 5) is 36.8. The van der Waals surface area contributed by atoms with Gasteiger partial charge in [-0.15, -0.1) is 5.10 Å².